The summed E-state index contributed by atoms with van der Waals surface area (Å²) in [4.78, 5) is 7.53. The number of nitrogens with one attached hydrogen (secondary N) is 1. The van der Waals surface area contributed by atoms with E-state index in [-0.39, 0.29) is 15.9 Å². The molecule has 18 heavy (non-hydrogen) atoms. The molecule has 2 rings (SSSR count). The van der Waals surface area contributed by atoms with E-state index in [1.54, 1.807) is 12.1 Å². The van der Waals surface area contributed by atoms with Gasteiger partial charge in [-0.15, -0.1) is 0 Å². The van der Waals surface area contributed by atoms with E-state index in [0.29, 0.717) is 4.47 Å². The van der Waals surface area contributed by atoms with E-state index in [1.807, 2.05) is 0 Å². The maximum atomic E-state index is 12.1. The monoisotopic (exact) mass is 347 g/mol. The number of rotatable bonds is 3. The molecule has 0 radical (unpaired) electrons. The molecule has 0 aliphatic rings. The third-order valence-electron chi connectivity index (χ3n) is 1.97. The highest BCUT2D eigenvalue weighted by Gasteiger charge is 2.19. The van der Waals surface area contributed by atoms with Crippen LogP contribution in [-0.4, -0.2) is 18.4 Å². The van der Waals surface area contributed by atoms with Gasteiger partial charge in [-0.05, 0) is 24.3 Å². The molecule has 1 aromatic heterocycles. The van der Waals surface area contributed by atoms with Crippen molar-refractivity contribution < 1.29 is 8.42 Å². The van der Waals surface area contributed by atoms with Gasteiger partial charge in [0, 0.05) is 16.9 Å². The quantitative estimate of drug-likeness (QED) is 0.925. The number of halogens is 2. The van der Waals surface area contributed by atoms with Gasteiger partial charge in [0.05, 0.1) is 5.02 Å². The van der Waals surface area contributed by atoms with Crippen molar-refractivity contribution in [2.45, 2.75) is 4.90 Å². The van der Waals surface area contributed by atoms with Gasteiger partial charge in [0.25, 0.3) is 10.0 Å². The van der Waals surface area contributed by atoms with Crippen LogP contribution < -0.4 is 4.72 Å². The van der Waals surface area contributed by atoms with E-state index in [0.717, 1.165) is 0 Å². The molecule has 0 aliphatic carbocycles. The van der Waals surface area contributed by atoms with Gasteiger partial charge in [0.15, 0.2) is 0 Å². The van der Waals surface area contributed by atoms with Gasteiger partial charge in [0.1, 0.15) is 4.90 Å². The van der Waals surface area contributed by atoms with Crippen LogP contribution in [0.1, 0.15) is 0 Å². The average Bonchev–Trinajstić information content (AvgIpc) is 2.33. The van der Waals surface area contributed by atoms with Crippen LogP contribution in [0.25, 0.3) is 0 Å². The normalized spacial score (nSPS) is 11.2. The molecule has 0 saturated heterocycles. The van der Waals surface area contributed by atoms with E-state index in [1.165, 1.54) is 24.5 Å². The van der Waals surface area contributed by atoms with Gasteiger partial charge in [-0.1, -0.05) is 27.5 Å². The first-order valence-electron chi connectivity index (χ1n) is 4.74. The molecule has 8 heteroatoms. The molecular formula is C10H7BrClN3O2S. The molecule has 0 unspecified atom stereocenters. The summed E-state index contributed by atoms with van der Waals surface area (Å²) in [6.07, 6.45) is 2.88. The van der Waals surface area contributed by atoms with Gasteiger partial charge in [-0.3, -0.25) is 0 Å². The van der Waals surface area contributed by atoms with Crippen LogP contribution in [0, 0.1) is 0 Å². The largest absolute Gasteiger partial charge is 0.265 e. The van der Waals surface area contributed by atoms with E-state index < -0.39 is 10.0 Å². The van der Waals surface area contributed by atoms with Crippen LogP contribution in [0.5, 0.6) is 0 Å². The summed E-state index contributed by atoms with van der Waals surface area (Å²) in [6.45, 7) is 0. The molecule has 0 aliphatic heterocycles. The highest BCUT2D eigenvalue weighted by atomic mass is 79.9. The second-order valence-corrected chi connectivity index (χ2v) is 6.23. The lowest BCUT2D eigenvalue weighted by Gasteiger charge is -2.08. The van der Waals surface area contributed by atoms with Crippen molar-refractivity contribution in [1.82, 2.24) is 9.97 Å². The Balaban J connectivity index is 2.40. The summed E-state index contributed by atoms with van der Waals surface area (Å²) < 4.78 is 27.0. The Bertz CT molecular complexity index is 664. The number of aromatic nitrogens is 2. The number of anilines is 1. The fraction of sp³-hybridized carbons (Fsp3) is 0. The molecule has 0 spiro atoms. The molecule has 0 saturated carbocycles. The molecule has 94 valence electrons. The highest BCUT2D eigenvalue weighted by Crippen LogP contribution is 2.26. The third kappa shape index (κ3) is 2.98. The maximum Gasteiger partial charge on any atom is 0.265 e. The number of hydrogen-bond donors (Lipinski definition) is 1. The van der Waals surface area contributed by atoms with Crippen molar-refractivity contribution in [2.75, 3.05) is 4.72 Å². The minimum atomic E-state index is -3.80. The standard InChI is InChI=1S/C10H7BrClN3O2S/c11-7-2-3-8(12)9(6-7)18(16,17)15-10-13-4-1-5-14-10/h1-6H,(H,13,14,15). The summed E-state index contributed by atoms with van der Waals surface area (Å²) >= 11 is 9.06. The Morgan fingerprint density at radius 2 is 1.89 bits per heavy atom. The zero-order valence-electron chi connectivity index (χ0n) is 8.84. The fourth-order valence-electron chi connectivity index (χ4n) is 1.21. The molecule has 1 heterocycles. The minimum absolute atomic E-state index is 0.00598. The van der Waals surface area contributed by atoms with Crippen LogP contribution in [0.3, 0.4) is 0 Å². The second-order valence-electron chi connectivity index (χ2n) is 3.25. The van der Waals surface area contributed by atoms with Gasteiger partial charge >= 0.3 is 0 Å². The molecule has 1 aromatic carbocycles. The van der Waals surface area contributed by atoms with Crippen LogP contribution in [0.2, 0.25) is 5.02 Å². The van der Waals surface area contributed by atoms with Crippen molar-refractivity contribution in [1.29, 1.82) is 0 Å². The number of benzene rings is 1. The van der Waals surface area contributed by atoms with Crippen LogP contribution in [0.15, 0.2) is 46.0 Å². The Morgan fingerprint density at radius 1 is 1.22 bits per heavy atom. The summed E-state index contributed by atoms with van der Waals surface area (Å²) in [7, 11) is -3.80. The van der Waals surface area contributed by atoms with E-state index in [9.17, 15) is 8.42 Å². The summed E-state index contributed by atoms with van der Waals surface area (Å²) in [5.74, 6) is -0.00598. The van der Waals surface area contributed by atoms with Gasteiger partial charge in [-0.25, -0.2) is 23.1 Å². The van der Waals surface area contributed by atoms with Crippen molar-refractivity contribution in [2.24, 2.45) is 0 Å². The Hall–Kier alpha value is -1.18. The summed E-state index contributed by atoms with van der Waals surface area (Å²) in [6, 6.07) is 6.14. The summed E-state index contributed by atoms with van der Waals surface area (Å²) in [5.41, 5.74) is 0. The smallest absolute Gasteiger partial charge is 0.247 e. The number of nitrogens with zero attached hydrogens (tertiary/aromatic N) is 2. The first kappa shape index (κ1) is 13.3. The predicted molar refractivity (Wildman–Crippen MR) is 72.0 cm³/mol. The molecule has 1 N–H and O–H groups in total. The van der Waals surface area contributed by atoms with Gasteiger partial charge < -0.3 is 0 Å². The van der Waals surface area contributed by atoms with E-state index >= 15 is 0 Å². The van der Waals surface area contributed by atoms with Crippen molar-refractivity contribution in [3.05, 3.63) is 46.2 Å². The lowest BCUT2D eigenvalue weighted by molar-refractivity contribution is 0.601. The molecule has 5 nitrogen and oxygen atoms in total. The van der Waals surface area contributed by atoms with E-state index in [4.69, 9.17) is 11.6 Å². The summed E-state index contributed by atoms with van der Waals surface area (Å²) in [5, 5.41) is 0.127. The second kappa shape index (κ2) is 5.21. The first-order valence-corrected chi connectivity index (χ1v) is 7.39. The maximum absolute atomic E-state index is 12.1. The van der Waals surface area contributed by atoms with Crippen LogP contribution in [0.4, 0.5) is 5.95 Å². The Morgan fingerprint density at radius 3 is 2.56 bits per heavy atom. The topological polar surface area (TPSA) is 72.0 Å². The predicted octanol–water partition coefficient (Wildman–Crippen LogP) is 2.69. The first-order chi connectivity index (χ1) is 8.49. The minimum Gasteiger partial charge on any atom is -0.247 e. The molecular weight excluding hydrogens is 342 g/mol. The van der Waals surface area contributed by atoms with E-state index in [2.05, 4.69) is 30.6 Å². The zero-order chi connectivity index (χ0) is 13.2. The molecule has 0 fully saturated rings. The molecule has 2 aromatic rings. The molecule has 0 bridgehead atoms. The number of hydrogen-bond acceptors (Lipinski definition) is 4. The Labute approximate surface area is 117 Å². The van der Waals surface area contributed by atoms with Crippen molar-refractivity contribution in [3.8, 4) is 0 Å². The Kier molecular flexibility index (Phi) is 3.84. The van der Waals surface area contributed by atoms with Crippen molar-refractivity contribution >= 4 is 43.5 Å². The fourth-order valence-corrected chi connectivity index (χ4v) is 3.21. The molecule has 0 amide bonds. The van der Waals surface area contributed by atoms with Crippen LogP contribution >= 0.6 is 27.5 Å². The van der Waals surface area contributed by atoms with Gasteiger partial charge in [-0.2, -0.15) is 0 Å². The third-order valence-corrected chi connectivity index (χ3v) is 4.28. The zero-order valence-corrected chi connectivity index (χ0v) is 12.0. The lowest BCUT2D eigenvalue weighted by Crippen LogP contribution is -2.15. The van der Waals surface area contributed by atoms with Gasteiger partial charge in [0.2, 0.25) is 5.95 Å². The lowest BCUT2D eigenvalue weighted by atomic mass is 10.4. The molecule has 0 atom stereocenters. The van der Waals surface area contributed by atoms with Crippen molar-refractivity contribution in [3.63, 3.8) is 0 Å². The SMILES string of the molecule is O=S(=O)(Nc1ncccn1)c1cc(Br)ccc1Cl. The van der Waals surface area contributed by atoms with Crippen LogP contribution in [-0.2, 0) is 10.0 Å². The average molecular weight is 349 g/mol. The number of sulfonamides is 1. The highest BCUT2D eigenvalue weighted by molar-refractivity contribution is 9.10.